The van der Waals surface area contributed by atoms with Gasteiger partial charge in [0, 0.05) is 26.5 Å². The van der Waals surface area contributed by atoms with E-state index in [4.69, 9.17) is 19.3 Å². The lowest BCUT2D eigenvalue weighted by atomic mass is 9.90. The summed E-state index contributed by atoms with van der Waals surface area (Å²) in [5.41, 5.74) is 2.50. The average molecular weight is 682 g/mol. The molecule has 1 aliphatic rings. The lowest BCUT2D eigenvalue weighted by molar-refractivity contribution is -0.161. The van der Waals surface area contributed by atoms with E-state index in [1.807, 2.05) is 31.2 Å². The van der Waals surface area contributed by atoms with Crippen molar-refractivity contribution >= 4 is 29.5 Å². The van der Waals surface area contributed by atoms with E-state index in [-0.39, 0.29) is 56.1 Å². The molecule has 1 heterocycles. The molecule has 0 radical (unpaired) electrons. The van der Waals surface area contributed by atoms with Gasteiger partial charge < -0.3 is 34.4 Å². The molecule has 4 rings (SSSR count). The van der Waals surface area contributed by atoms with Gasteiger partial charge in [-0.15, -0.1) is 0 Å². The normalized spacial score (nSPS) is 15.2. The Morgan fingerprint density at radius 3 is 1.90 bits per heavy atom. The molecule has 3 aromatic carbocycles. The molecule has 0 aromatic heterocycles. The fourth-order valence-corrected chi connectivity index (χ4v) is 5.18. The van der Waals surface area contributed by atoms with Crippen LogP contribution in [0.3, 0.4) is 0 Å². The highest BCUT2D eigenvalue weighted by Gasteiger charge is 2.38. The number of β-lactam (4-membered cyclic amide) rings is 1. The van der Waals surface area contributed by atoms with E-state index in [0.717, 1.165) is 16.7 Å². The Labute approximate surface area is 285 Å². The van der Waals surface area contributed by atoms with Crippen LogP contribution in [0.5, 0.6) is 0 Å². The Morgan fingerprint density at radius 2 is 1.43 bits per heavy atom. The fraction of sp³-hybridized carbons (Fsp3) is 0.405. The predicted octanol–water partition coefficient (Wildman–Crippen LogP) is 4.82. The first kappa shape index (κ1) is 38.8. The lowest BCUT2D eigenvalue weighted by Crippen LogP contribution is -2.46. The van der Waals surface area contributed by atoms with Gasteiger partial charge in [0.05, 0.1) is 19.1 Å². The minimum Gasteiger partial charge on any atom is -0.463 e. The number of carbonyl (C=O) groups excluding carboxylic acids is 4. The summed E-state index contributed by atoms with van der Waals surface area (Å²) in [5, 5.41) is 29.6. The Morgan fingerprint density at radius 1 is 0.878 bits per heavy atom. The number of anilines is 1. The SMILES string of the molecule is CC(=O)OCC(O)(CCc1ccc(C2CC(=O)N2c2ccc(C(O)CO)cc2)cc1)COC(C)=O.CCC(OC(C)=O)c1ccc(F)cc1. The monoisotopic (exact) mass is 681 g/mol. The first-order valence-electron chi connectivity index (χ1n) is 16.0. The number of hydrogen-bond donors (Lipinski definition) is 3. The molecule has 3 aromatic rings. The van der Waals surface area contributed by atoms with Gasteiger partial charge in [-0.05, 0) is 65.8 Å². The van der Waals surface area contributed by atoms with E-state index in [2.05, 4.69) is 0 Å². The van der Waals surface area contributed by atoms with Crippen molar-refractivity contribution in [2.75, 3.05) is 24.7 Å². The lowest BCUT2D eigenvalue weighted by Gasteiger charge is -2.41. The number of carbonyl (C=O) groups is 4. The van der Waals surface area contributed by atoms with Crippen LogP contribution in [0.25, 0.3) is 0 Å². The Hall–Kier alpha value is -4.65. The van der Waals surface area contributed by atoms with E-state index in [1.165, 1.54) is 32.9 Å². The Bertz CT molecular complexity index is 1520. The zero-order valence-electron chi connectivity index (χ0n) is 28.1. The third-order valence-electron chi connectivity index (χ3n) is 7.93. The zero-order chi connectivity index (χ0) is 36.1. The van der Waals surface area contributed by atoms with E-state index in [1.54, 1.807) is 41.3 Å². The van der Waals surface area contributed by atoms with Gasteiger partial charge in [0.25, 0.3) is 0 Å². The number of aliphatic hydroxyl groups is 3. The highest BCUT2D eigenvalue weighted by Crippen LogP contribution is 2.39. The maximum atomic E-state index is 12.6. The van der Waals surface area contributed by atoms with Crippen LogP contribution in [-0.2, 0) is 39.8 Å². The molecule has 49 heavy (non-hydrogen) atoms. The number of ether oxygens (including phenoxy) is 3. The molecule has 1 aliphatic heterocycles. The van der Waals surface area contributed by atoms with Crippen molar-refractivity contribution in [3.8, 4) is 0 Å². The Balaban J connectivity index is 0.000000388. The predicted molar refractivity (Wildman–Crippen MR) is 178 cm³/mol. The summed E-state index contributed by atoms with van der Waals surface area (Å²) in [5.74, 6) is -1.67. The minimum absolute atomic E-state index is 0.00413. The number of aryl methyl sites for hydroxylation is 1. The molecular weight excluding hydrogens is 637 g/mol. The molecular formula is C37H44FNO10. The van der Waals surface area contributed by atoms with Crippen molar-refractivity contribution in [1.82, 2.24) is 0 Å². The molecule has 11 nitrogen and oxygen atoms in total. The van der Waals surface area contributed by atoms with Gasteiger partial charge in [0.1, 0.15) is 36.8 Å². The molecule has 1 fully saturated rings. The molecule has 3 N–H and O–H groups in total. The van der Waals surface area contributed by atoms with Crippen molar-refractivity contribution in [1.29, 1.82) is 0 Å². The standard InChI is InChI=1S/C26H31NO8.C11H13FO2/c1-17(29)34-15-26(33,16-35-18(2)30)12-11-19-3-5-20(6-4-19)23-13-25(32)27(23)22-9-7-21(8-10-22)24(31)14-28;1-3-11(14-8(2)13)9-4-6-10(12)7-5-9/h3-10,23-24,28,31,33H,11-16H2,1-2H3;4-7,11H,3H2,1-2H3. The maximum absolute atomic E-state index is 12.6. The topological polar surface area (TPSA) is 160 Å². The van der Waals surface area contributed by atoms with Crippen LogP contribution in [-0.4, -0.2) is 64.6 Å². The maximum Gasteiger partial charge on any atom is 0.303 e. The largest absolute Gasteiger partial charge is 0.463 e. The second-order valence-electron chi connectivity index (χ2n) is 11.9. The molecule has 3 atom stereocenters. The molecule has 1 saturated heterocycles. The van der Waals surface area contributed by atoms with Crippen molar-refractivity contribution in [3.63, 3.8) is 0 Å². The summed E-state index contributed by atoms with van der Waals surface area (Å²) in [7, 11) is 0. The van der Waals surface area contributed by atoms with E-state index < -0.39 is 23.6 Å². The molecule has 0 saturated carbocycles. The summed E-state index contributed by atoms with van der Waals surface area (Å²) in [6, 6.07) is 20.4. The minimum atomic E-state index is -1.50. The molecule has 264 valence electrons. The van der Waals surface area contributed by atoms with Gasteiger partial charge in [-0.25, -0.2) is 4.39 Å². The van der Waals surface area contributed by atoms with Crippen LogP contribution in [0.1, 0.15) is 87.5 Å². The Kier molecular flexibility index (Phi) is 14.4. The highest BCUT2D eigenvalue weighted by molar-refractivity contribution is 6.01. The molecule has 0 aliphatic carbocycles. The molecule has 0 spiro atoms. The second-order valence-corrected chi connectivity index (χ2v) is 11.9. The third-order valence-corrected chi connectivity index (χ3v) is 7.93. The summed E-state index contributed by atoms with van der Waals surface area (Å²) < 4.78 is 27.6. The number of halogens is 1. The second kappa shape index (κ2) is 18.2. The van der Waals surface area contributed by atoms with E-state index >= 15 is 0 Å². The van der Waals surface area contributed by atoms with Gasteiger partial charge in [-0.2, -0.15) is 0 Å². The van der Waals surface area contributed by atoms with Crippen molar-refractivity contribution < 1.29 is 53.1 Å². The number of aliphatic hydroxyl groups excluding tert-OH is 2. The molecule has 1 amide bonds. The highest BCUT2D eigenvalue weighted by atomic mass is 19.1. The summed E-state index contributed by atoms with van der Waals surface area (Å²) in [6.45, 7) is 4.84. The van der Waals surface area contributed by atoms with Crippen LogP contribution >= 0.6 is 0 Å². The number of hydrogen-bond acceptors (Lipinski definition) is 10. The number of benzene rings is 3. The van der Waals surface area contributed by atoms with Gasteiger partial charge >= 0.3 is 17.9 Å². The number of amides is 1. The van der Waals surface area contributed by atoms with Crippen LogP contribution in [0.2, 0.25) is 0 Å². The van der Waals surface area contributed by atoms with Crippen molar-refractivity contribution in [3.05, 3.63) is 101 Å². The average Bonchev–Trinajstić information content (AvgIpc) is 3.08. The first-order chi connectivity index (χ1) is 23.2. The van der Waals surface area contributed by atoms with Crippen LogP contribution in [0.15, 0.2) is 72.8 Å². The van der Waals surface area contributed by atoms with Gasteiger partial charge in [0.15, 0.2) is 0 Å². The van der Waals surface area contributed by atoms with Crippen molar-refractivity contribution in [2.24, 2.45) is 0 Å². The summed E-state index contributed by atoms with van der Waals surface area (Å²) >= 11 is 0. The van der Waals surface area contributed by atoms with Crippen LogP contribution in [0.4, 0.5) is 10.1 Å². The molecule has 12 heteroatoms. The number of nitrogens with zero attached hydrogens (tertiary/aromatic N) is 1. The smallest absolute Gasteiger partial charge is 0.303 e. The van der Waals surface area contributed by atoms with Gasteiger partial charge in [-0.1, -0.05) is 55.5 Å². The fourth-order valence-electron chi connectivity index (χ4n) is 5.18. The quantitative estimate of drug-likeness (QED) is 0.122. The summed E-state index contributed by atoms with van der Waals surface area (Å²) in [4.78, 5) is 47.1. The van der Waals surface area contributed by atoms with Crippen LogP contribution in [0, 0.1) is 5.82 Å². The molecule has 3 unspecified atom stereocenters. The first-order valence-corrected chi connectivity index (χ1v) is 16.0. The molecule has 0 bridgehead atoms. The third kappa shape index (κ3) is 11.8. The summed E-state index contributed by atoms with van der Waals surface area (Å²) in [6.07, 6.45) is 0.512. The van der Waals surface area contributed by atoms with Crippen LogP contribution < -0.4 is 4.90 Å². The van der Waals surface area contributed by atoms with E-state index in [9.17, 15) is 33.8 Å². The zero-order valence-corrected chi connectivity index (χ0v) is 28.1. The van der Waals surface area contributed by atoms with Gasteiger partial charge in [-0.3, -0.25) is 19.2 Å². The van der Waals surface area contributed by atoms with Gasteiger partial charge in [0.2, 0.25) is 5.91 Å². The van der Waals surface area contributed by atoms with E-state index in [0.29, 0.717) is 30.5 Å². The number of rotatable bonds is 14. The van der Waals surface area contributed by atoms with Crippen molar-refractivity contribution in [2.45, 2.75) is 77.2 Å². The number of esters is 3.